The third kappa shape index (κ3) is 4.61. The van der Waals surface area contributed by atoms with Gasteiger partial charge >= 0.3 is 0 Å². The van der Waals surface area contributed by atoms with Crippen molar-refractivity contribution in [1.29, 1.82) is 0 Å². The highest BCUT2D eigenvalue weighted by molar-refractivity contribution is 5.99. The molecule has 86 valence electrons. The number of nitrogen functional groups attached to an aromatic ring is 1. The first kappa shape index (κ1) is 12.3. The van der Waals surface area contributed by atoms with Crippen molar-refractivity contribution in [2.45, 2.75) is 0 Å². The van der Waals surface area contributed by atoms with Crippen LogP contribution in [0.15, 0.2) is 36.4 Å². The maximum absolute atomic E-state index is 11.4. The van der Waals surface area contributed by atoms with Crippen LogP contribution in [-0.2, 0) is 4.79 Å². The summed E-state index contributed by atoms with van der Waals surface area (Å²) in [6, 6.07) is 7.04. The highest BCUT2D eigenvalue weighted by atomic mass is 16.1. The Morgan fingerprint density at radius 2 is 2.00 bits per heavy atom. The number of rotatable bonds is 4. The molecule has 0 unspecified atom stereocenters. The molecule has 1 aromatic rings. The van der Waals surface area contributed by atoms with Crippen LogP contribution in [0.2, 0.25) is 0 Å². The van der Waals surface area contributed by atoms with Crippen LogP contribution < -0.4 is 11.1 Å². The second kappa shape index (κ2) is 5.92. The summed E-state index contributed by atoms with van der Waals surface area (Å²) in [5.74, 6) is -0.133. The van der Waals surface area contributed by atoms with Gasteiger partial charge in [-0.2, -0.15) is 0 Å². The fourth-order valence-electron chi connectivity index (χ4n) is 1.12. The van der Waals surface area contributed by atoms with Gasteiger partial charge in [-0.1, -0.05) is 6.08 Å². The third-order valence-corrected chi connectivity index (χ3v) is 1.92. The van der Waals surface area contributed by atoms with Crippen molar-refractivity contribution in [3.05, 3.63) is 36.4 Å². The van der Waals surface area contributed by atoms with E-state index >= 15 is 0 Å². The largest absolute Gasteiger partial charge is 0.399 e. The van der Waals surface area contributed by atoms with E-state index in [9.17, 15) is 4.79 Å². The number of hydrogen-bond donors (Lipinski definition) is 2. The molecule has 3 N–H and O–H groups in total. The zero-order valence-corrected chi connectivity index (χ0v) is 9.60. The summed E-state index contributed by atoms with van der Waals surface area (Å²) in [4.78, 5) is 13.4. The average molecular weight is 219 g/mol. The molecule has 0 bridgehead atoms. The van der Waals surface area contributed by atoms with Crippen LogP contribution in [0, 0.1) is 0 Å². The van der Waals surface area contributed by atoms with Gasteiger partial charge in [-0.05, 0) is 38.4 Å². The number of hydrogen-bond acceptors (Lipinski definition) is 3. The normalized spacial score (nSPS) is 10.9. The standard InChI is InChI=1S/C12H17N3O/c1-15(2)9-3-4-12(16)14-11-7-5-10(13)6-8-11/h3-8H,9,13H2,1-2H3,(H,14,16)/b4-3+. The van der Waals surface area contributed by atoms with Gasteiger partial charge in [-0.25, -0.2) is 0 Å². The minimum absolute atomic E-state index is 0.133. The van der Waals surface area contributed by atoms with Crippen molar-refractivity contribution in [2.24, 2.45) is 0 Å². The summed E-state index contributed by atoms with van der Waals surface area (Å²) >= 11 is 0. The summed E-state index contributed by atoms with van der Waals surface area (Å²) < 4.78 is 0. The van der Waals surface area contributed by atoms with E-state index in [0.29, 0.717) is 5.69 Å². The molecule has 0 aliphatic carbocycles. The maximum atomic E-state index is 11.4. The number of benzene rings is 1. The number of nitrogens with zero attached hydrogens (tertiary/aromatic N) is 1. The lowest BCUT2D eigenvalue weighted by molar-refractivity contribution is -0.111. The zero-order chi connectivity index (χ0) is 12.0. The van der Waals surface area contributed by atoms with Gasteiger partial charge in [0.15, 0.2) is 0 Å². The molecule has 1 amide bonds. The SMILES string of the molecule is CN(C)C/C=C/C(=O)Nc1ccc(N)cc1. The van der Waals surface area contributed by atoms with Crippen molar-refractivity contribution < 1.29 is 4.79 Å². The molecule has 0 spiro atoms. The van der Waals surface area contributed by atoms with Crippen LogP contribution in [0.1, 0.15) is 0 Å². The molecule has 4 heteroatoms. The Kier molecular flexibility index (Phi) is 4.54. The second-order valence-electron chi connectivity index (χ2n) is 3.78. The van der Waals surface area contributed by atoms with E-state index in [-0.39, 0.29) is 5.91 Å². The molecule has 4 nitrogen and oxygen atoms in total. The van der Waals surface area contributed by atoms with E-state index in [1.54, 1.807) is 24.3 Å². The van der Waals surface area contributed by atoms with Crippen LogP contribution >= 0.6 is 0 Å². The van der Waals surface area contributed by atoms with Crippen molar-refractivity contribution in [3.63, 3.8) is 0 Å². The van der Waals surface area contributed by atoms with E-state index in [2.05, 4.69) is 5.32 Å². The van der Waals surface area contributed by atoms with Gasteiger partial charge in [0.25, 0.3) is 0 Å². The number of nitrogens with one attached hydrogen (secondary N) is 1. The predicted octanol–water partition coefficient (Wildman–Crippen LogP) is 1.33. The molecule has 0 saturated carbocycles. The van der Waals surface area contributed by atoms with Gasteiger partial charge in [-0.15, -0.1) is 0 Å². The Morgan fingerprint density at radius 3 is 2.56 bits per heavy atom. The van der Waals surface area contributed by atoms with Crippen molar-refractivity contribution in [3.8, 4) is 0 Å². The van der Waals surface area contributed by atoms with Crippen LogP contribution in [0.4, 0.5) is 11.4 Å². The van der Waals surface area contributed by atoms with Crippen LogP contribution in [0.5, 0.6) is 0 Å². The van der Waals surface area contributed by atoms with E-state index < -0.39 is 0 Å². The molecular weight excluding hydrogens is 202 g/mol. The molecule has 0 heterocycles. The van der Waals surface area contributed by atoms with Crippen LogP contribution in [0.25, 0.3) is 0 Å². The molecule has 1 aromatic carbocycles. The molecule has 16 heavy (non-hydrogen) atoms. The monoisotopic (exact) mass is 219 g/mol. The summed E-state index contributed by atoms with van der Waals surface area (Å²) in [5, 5.41) is 2.74. The van der Waals surface area contributed by atoms with Crippen LogP contribution in [0.3, 0.4) is 0 Å². The van der Waals surface area contributed by atoms with E-state index in [1.807, 2.05) is 25.1 Å². The molecule has 0 aromatic heterocycles. The first-order valence-electron chi connectivity index (χ1n) is 5.06. The van der Waals surface area contributed by atoms with Gasteiger partial charge in [-0.3, -0.25) is 4.79 Å². The summed E-state index contributed by atoms with van der Waals surface area (Å²) in [6.07, 6.45) is 3.34. The first-order chi connectivity index (χ1) is 7.58. The molecule has 0 aliphatic heterocycles. The molecule has 1 rings (SSSR count). The highest BCUT2D eigenvalue weighted by Gasteiger charge is 1.96. The summed E-state index contributed by atoms with van der Waals surface area (Å²) in [6.45, 7) is 0.745. The van der Waals surface area contributed by atoms with E-state index in [0.717, 1.165) is 12.2 Å². The minimum Gasteiger partial charge on any atom is -0.399 e. The van der Waals surface area contributed by atoms with Crippen molar-refractivity contribution in [2.75, 3.05) is 31.7 Å². The smallest absolute Gasteiger partial charge is 0.248 e. The van der Waals surface area contributed by atoms with Gasteiger partial charge in [0.1, 0.15) is 0 Å². The molecular formula is C12H17N3O. The summed E-state index contributed by atoms with van der Waals surface area (Å²) in [5.41, 5.74) is 6.96. The topological polar surface area (TPSA) is 58.4 Å². The van der Waals surface area contributed by atoms with Gasteiger partial charge in [0.2, 0.25) is 5.91 Å². The minimum atomic E-state index is -0.133. The van der Waals surface area contributed by atoms with Crippen molar-refractivity contribution >= 4 is 17.3 Å². The Morgan fingerprint density at radius 1 is 1.38 bits per heavy atom. The number of anilines is 2. The fraction of sp³-hybridized carbons (Fsp3) is 0.250. The molecule has 0 atom stereocenters. The Balaban J connectivity index is 2.45. The summed E-state index contributed by atoms with van der Waals surface area (Å²) in [7, 11) is 3.89. The van der Waals surface area contributed by atoms with E-state index in [4.69, 9.17) is 5.73 Å². The average Bonchev–Trinajstić information content (AvgIpc) is 2.21. The lowest BCUT2D eigenvalue weighted by Gasteiger charge is -2.04. The quantitative estimate of drug-likeness (QED) is 0.593. The Labute approximate surface area is 95.7 Å². The number of carbonyl (C=O) groups excluding carboxylic acids is 1. The first-order valence-corrected chi connectivity index (χ1v) is 5.06. The van der Waals surface area contributed by atoms with Crippen LogP contribution in [-0.4, -0.2) is 31.4 Å². The molecule has 0 radical (unpaired) electrons. The van der Waals surface area contributed by atoms with E-state index in [1.165, 1.54) is 6.08 Å². The zero-order valence-electron chi connectivity index (χ0n) is 9.60. The molecule has 0 fully saturated rings. The molecule has 0 aliphatic rings. The number of carbonyl (C=O) groups is 1. The third-order valence-electron chi connectivity index (χ3n) is 1.92. The fourth-order valence-corrected chi connectivity index (χ4v) is 1.12. The maximum Gasteiger partial charge on any atom is 0.248 e. The predicted molar refractivity (Wildman–Crippen MR) is 67.2 cm³/mol. The van der Waals surface area contributed by atoms with Gasteiger partial charge in [0, 0.05) is 24.0 Å². The van der Waals surface area contributed by atoms with Gasteiger partial charge < -0.3 is 16.0 Å². The lowest BCUT2D eigenvalue weighted by Crippen LogP contribution is -2.12. The number of nitrogens with two attached hydrogens (primary N) is 1. The number of amides is 1. The molecule has 0 saturated heterocycles. The lowest BCUT2D eigenvalue weighted by atomic mass is 10.3. The van der Waals surface area contributed by atoms with Crippen molar-refractivity contribution in [1.82, 2.24) is 4.90 Å². The van der Waals surface area contributed by atoms with Gasteiger partial charge in [0.05, 0.1) is 0 Å². The second-order valence-corrected chi connectivity index (χ2v) is 3.78. The Bertz CT molecular complexity index is 368. The Hall–Kier alpha value is -1.81. The highest BCUT2D eigenvalue weighted by Crippen LogP contribution is 2.10. The number of likely N-dealkylation sites (N-methyl/N-ethyl adjacent to an activating group) is 1.